The van der Waals surface area contributed by atoms with Crippen LogP contribution in [0.15, 0.2) is 18.2 Å². The molecule has 0 aliphatic heterocycles. The number of nitrogens with zero attached hydrogens (tertiary/aromatic N) is 1. The van der Waals surface area contributed by atoms with E-state index in [2.05, 4.69) is 24.8 Å². The van der Waals surface area contributed by atoms with E-state index in [0.29, 0.717) is 0 Å². The monoisotopic (exact) mass is 263 g/mol. The fraction of sp³-hybridized carbons (Fsp3) is 0.625. The SMILES string of the molecule is CCCN(CC)C1CCc2ccc(OC)cc2C1O. The molecule has 0 saturated heterocycles. The molecule has 0 aromatic heterocycles. The van der Waals surface area contributed by atoms with Crippen LogP contribution in [0.25, 0.3) is 0 Å². The molecule has 1 aromatic rings. The van der Waals surface area contributed by atoms with Crippen LogP contribution in [0, 0.1) is 0 Å². The number of hydrogen-bond donors (Lipinski definition) is 1. The maximum Gasteiger partial charge on any atom is 0.119 e. The summed E-state index contributed by atoms with van der Waals surface area (Å²) in [5.74, 6) is 0.831. The van der Waals surface area contributed by atoms with Crippen molar-refractivity contribution in [3.05, 3.63) is 29.3 Å². The molecular weight excluding hydrogens is 238 g/mol. The minimum Gasteiger partial charge on any atom is -0.497 e. The van der Waals surface area contributed by atoms with Crippen molar-refractivity contribution in [3.8, 4) is 5.75 Å². The normalized spacial score (nSPS) is 22.4. The van der Waals surface area contributed by atoms with Crippen LogP contribution < -0.4 is 4.74 Å². The number of rotatable bonds is 5. The lowest BCUT2D eigenvalue weighted by atomic mass is 9.85. The van der Waals surface area contributed by atoms with Crippen molar-refractivity contribution in [2.75, 3.05) is 20.2 Å². The number of fused-ring (bicyclic) bond motifs is 1. The lowest BCUT2D eigenvalue weighted by molar-refractivity contribution is 0.0385. The van der Waals surface area contributed by atoms with Gasteiger partial charge in [0.2, 0.25) is 0 Å². The molecule has 1 aliphatic carbocycles. The van der Waals surface area contributed by atoms with Gasteiger partial charge in [-0.05, 0) is 55.6 Å². The summed E-state index contributed by atoms with van der Waals surface area (Å²) in [4.78, 5) is 2.40. The Kier molecular flexibility index (Phi) is 4.83. The van der Waals surface area contributed by atoms with Gasteiger partial charge in [0.15, 0.2) is 0 Å². The van der Waals surface area contributed by atoms with Crippen molar-refractivity contribution in [2.24, 2.45) is 0 Å². The largest absolute Gasteiger partial charge is 0.497 e. The zero-order valence-electron chi connectivity index (χ0n) is 12.2. The average Bonchev–Trinajstić information content (AvgIpc) is 2.45. The van der Waals surface area contributed by atoms with E-state index in [1.807, 2.05) is 12.1 Å². The summed E-state index contributed by atoms with van der Waals surface area (Å²) in [5, 5.41) is 10.7. The first kappa shape index (κ1) is 14.4. The van der Waals surface area contributed by atoms with Crippen molar-refractivity contribution >= 4 is 0 Å². The third-order valence-corrected chi connectivity index (χ3v) is 4.13. The summed E-state index contributed by atoms with van der Waals surface area (Å²) in [5.41, 5.74) is 2.31. The molecule has 1 aliphatic rings. The van der Waals surface area contributed by atoms with Crippen LogP contribution in [0.1, 0.15) is 43.9 Å². The van der Waals surface area contributed by atoms with Gasteiger partial charge in [0, 0.05) is 6.04 Å². The standard InChI is InChI=1S/C16H25NO2/c1-4-10-17(5-2)15-9-7-12-6-8-13(19-3)11-14(12)16(15)18/h6,8,11,15-16,18H,4-5,7,9-10H2,1-3H3. The minimum atomic E-state index is -0.398. The van der Waals surface area contributed by atoms with Gasteiger partial charge >= 0.3 is 0 Å². The molecule has 0 amide bonds. The first-order valence-electron chi connectivity index (χ1n) is 7.30. The lowest BCUT2D eigenvalue weighted by Crippen LogP contribution is -2.42. The third-order valence-electron chi connectivity index (χ3n) is 4.13. The van der Waals surface area contributed by atoms with Crippen LogP contribution in [0.5, 0.6) is 5.75 Å². The second-order valence-electron chi connectivity index (χ2n) is 5.24. The summed E-state index contributed by atoms with van der Waals surface area (Å²) in [6, 6.07) is 6.30. The van der Waals surface area contributed by atoms with E-state index in [1.54, 1.807) is 7.11 Å². The fourth-order valence-electron chi connectivity index (χ4n) is 3.10. The first-order valence-corrected chi connectivity index (χ1v) is 7.30. The average molecular weight is 263 g/mol. The Morgan fingerprint density at radius 2 is 2.16 bits per heavy atom. The number of benzene rings is 1. The summed E-state index contributed by atoms with van der Waals surface area (Å²) in [7, 11) is 1.67. The number of methoxy groups -OCH3 is 1. The van der Waals surface area contributed by atoms with Crippen LogP contribution in [0.3, 0.4) is 0 Å². The molecule has 0 heterocycles. The number of likely N-dealkylation sites (N-methyl/N-ethyl adjacent to an activating group) is 1. The van der Waals surface area contributed by atoms with Crippen molar-refractivity contribution in [2.45, 2.75) is 45.3 Å². The van der Waals surface area contributed by atoms with E-state index in [1.165, 1.54) is 5.56 Å². The molecule has 1 aromatic carbocycles. The van der Waals surface area contributed by atoms with Crippen molar-refractivity contribution in [3.63, 3.8) is 0 Å². The van der Waals surface area contributed by atoms with Gasteiger partial charge in [-0.15, -0.1) is 0 Å². The highest BCUT2D eigenvalue weighted by Crippen LogP contribution is 2.35. The molecular formula is C16H25NO2. The predicted octanol–water partition coefficient (Wildman–Crippen LogP) is 2.78. The highest BCUT2D eigenvalue weighted by Gasteiger charge is 2.31. The Hall–Kier alpha value is -1.06. The van der Waals surface area contributed by atoms with Crippen molar-refractivity contribution in [1.29, 1.82) is 0 Å². The summed E-state index contributed by atoms with van der Waals surface area (Å²) in [6.45, 7) is 6.41. The molecule has 2 unspecified atom stereocenters. The molecule has 0 bridgehead atoms. The fourth-order valence-corrected chi connectivity index (χ4v) is 3.10. The van der Waals surface area contributed by atoms with Gasteiger partial charge in [-0.2, -0.15) is 0 Å². The maximum atomic E-state index is 10.7. The number of hydrogen-bond acceptors (Lipinski definition) is 3. The second kappa shape index (κ2) is 6.40. The van der Waals surface area contributed by atoms with Gasteiger partial charge in [0.1, 0.15) is 5.75 Å². The van der Waals surface area contributed by atoms with Crippen molar-refractivity contribution in [1.82, 2.24) is 4.90 Å². The molecule has 3 nitrogen and oxygen atoms in total. The molecule has 3 heteroatoms. The van der Waals surface area contributed by atoms with Crippen LogP contribution in [0.2, 0.25) is 0 Å². The van der Waals surface area contributed by atoms with Crippen LogP contribution in [-0.4, -0.2) is 36.2 Å². The minimum absolute atomic E-state index is 0.240. The lowest BCUT2D eigenvalue weighted by Gasteiger charge is -2.38. The highest BCUT2D eigenvalue weighted by atomic mass is 16.5. The number of aliphatic hydroxyl groups excluding tert-OH is 1. The van der Waals surface area contributed by atoms with E-state index in [0.717, 1.165) is 43.7 Å². The molecule has 2 rings (SSSR count). The van der Waals surface area contributed by atoms with Gasteiger partial charge in [-0.3, -0.25) is 4.90 Å². The highest BCUT2D eigenvalue weighted by molar-refractivity contribution is 5.39. The maximum absolute atomic E-state index is 10.7. The summed E-state index contributed by atoms with van der Waals surface area (Å²) < 4.78 is 5.27. The van der Waals surface area contributed by atoms with E-state index >= 15 is 0 Å². The number of aliphatic hydroxyl groups is 1. The zero-order chi connectivity index (χ0) is 13.8. The quantitative estimate of drug-likeness (QED) is 0.886. The molecule has 0 spiro atoms. The molecule has 0 radical (unpaired) electrons. The summed E-state index contributed by atoms with van der Waals surface area (Å²) >= 11 is 0. The van der Waals surface area contributed by atoms with Crippen LogP contribution in [0.4, 0.5) is 0 Å². The van der Waals surface area contributed by atoms with Gasteiger partial charge < -0.3 is 9.84 Å². The van der Waals surface area contributed by atoms with Gasteiger partial charge in [-0.1, -0.05) is 19.9 Å². The van der Waals surface area contributed by atoms with Crippen LogP contribution in [-0.2, 0) is 6.42 Å². The molecule has 106 valence electrons. The first-order chi connectivity index (χ1) is 9.21. The van der Waals surface area contributed by atoms with E-state index in [4.69, 9.17) is 4.74 Å². The smallest absolute Gasteiger partial charge is 0.119 e. The topological polar surface area (TPSA) is 32.7 Å². The van der Waals surface area contributed by atoms with E-state index in [-0.39, 0.29) is 6.04 Å². The van der Waals surface area contributed by atoms with E-state index in [9.17, 15) is 5.11 Å². The Labute approximate surface area is 116 Å². The molecule has 0 fully saturated rings. The Balaban J connectivity index is 2.24. The van der Waals surface area contributed by atoms with E-state index < -0.39 is 6.10 Å². The van der Waals surface area contributed by atoms with Crippen LogP contribution >= 0.6 is 0 Å². The van der Waals surface area contributed by atoms with Gasteiger partial charge in [-0.25, -0.2) is 0 Å². The molecule has 0 saturated carbocycles. The predicted molar refractivity (Wildman–Crippen MR) is 77.6 cm³/mol. The summed E-state index contributed by atoms with van der Waals surface area (Å²) in [6.07, 6.45) is 2.81. The van der Waals surface area contributed by atoms with Crippen molar-refractivity contribution < 1.29 is 9.84 Å². The van der Waals surface area contributed by atoms with Gasteiger partial charge in [0.25, 0.3) is 0 Å². The third kappa shape index (κ3) is 2.93. The number of ether oxygens (including phenoxy) is 1. The Morgan fingerprint density at radius 1 is 1.37 bits per heavy atom. The molecule has 2 atom stereocenters. The molecule has 19 heavy (non-hydrogen) atoms. The zero-order valence-corrected chi connectivity index (χ0v) is 12.2. The molecule has 1 N–H and O–H groups in total. The van der Waals surface area contributed by atoms with Gasteiger partial charge in [0.05, 0.1) is 13.2 Å². The second-order valence-corrected chi connectivity index (χ2v) is 5.24. The Bertz CT molecular complexity index is 419. The number of aryl methyl sites for hydroxylation is 1. The Morgan fingerprint density at radius 3 is 2.79 bits per heavy atom.